The van der Waals surface area contributed by atoms with E-state index in [1.54, 1.807) is 11.0 Å². The van der Waals surface area contributed by atoms with Crippen molar-refractivity contribution in [3.8, 4) is 5.82 Å². The molecular weight excluding hydrogens is 354 g/mol. The fourth-order valence-corrected chi connectivity index (χ4v) is 3.56. The second-order valence-corrected chi connectivity index (χ2v) is 7.02. The number of carbonyl (C=O) groups is 1. The molecule has 8 heteroatoms. The molecule has 4 rings (SSSR count). The quantitative estimate of drug-likeness (QED) is 0.676. The zero-order chi connectivity index (χ0) is 19.3. The molecule has 8 nitrogen and oxygen atoms in total. The van der Waals surface area contributed by atoms with E-state index in [4.69, 9.17) is 0 Å². The first-order valence-electron chi connectivity index (χ1n) is 9.41. The molecule has 144 valence electrons. The van der Waals surface area contributed by atoms with Crippen LogP contribution in [-0.4, -0.2) is 55.7 Å². The zero-order valence-electron chi connectivity index (χ0n) is 15.8. The number of hydrogen-bond acceptors (Lipinski definition) is 6. The van der Waals surface area contributed by atoms with E-state index >= 15 is 0 Å². The van der Waals surface area contributed by atoms with Gasteiger partial charge in [-0.1, -0.05) is 30.3 Å². The van der Waals surface area contributed by atoms with Crippen LogP contribution >= 0.6 is 0 Å². The van der Waals surface area contributed by atoms with E-state index < -0.39 is 0 Å². The topological polar surface area (TPSA) is 80.0 Å². The molecule has 28 heavy (non-hydrogen) atoms. The summed E-state index contributed by atoms with van der Waals surface area (Å²) < 4.78 is 1.61. The first kappa shape index (κ1) is 18.1. The summed E-state index contributed by atoms with van der Waals surface area (Å²) in [4.78, 5) is 29.4. The average molecular weight is 377 g/mol. The van der Waals surface area contributed by atoms with E-state index in [-0.39, 0.29) is 11.8 Å². The summed E-state index contributed by atoms with van der Waals surface area (Å²) in [7, 11) is 1.89. The molecule has 1 aliphatic heterocycles. The summed E-state index contributed by atoms with van der Waals surface area (Å²) in [5.41, 5.74) is 1.15. The van der Waals surface area contributed by atoms with Crippen LogP contribution in [0.5, 0.6) is 0 Å². The Morgan fingerprint density at radius 2 is 1.86 bits per heavy atom. The molecule has 3 aromatic rings. The van der Waals surface area contributed by atoms with Crippen molar-refractivity contribution < 1.29 is 4.79 Å². The molecule has 1 aromatic carbocycles. The molecule has 0 N–H and O–H groups in total. The van der Waals surface area contributed by atoms with Crippen LogP contribution in [0.2, 0.25) is 0 Å². The molecular formula is C20H23N7O. The lowest BCUT2D eigenvalue weighted by atomic mass is 9.95. The Bertz CT molecular complexity index is 905. The molecule has 0 bridgehead atoms. The van der Waals surface area contributed by atoms with Gasteiger partial charge in [0.1, 0.15) is 24.8 Å². The van der Waals surface area contributed by atoms with E-state index in [0.717, 1.165) is 37.3 Å². The van der Waals surface area contributed by atoms with Crippen LogP contribution in [-0.2, 0) is 11.3 Å². The number of benzene rings is 1. The molecule has 3 heterocycles. The van der Waals surface area contributed by atoms with Crippen LogP contribution < -0.4 is 4.90 Å². The van der Waals surface area contributed by atoms with Gasteiger partial charge in [-0.25, -0.2) is 19.6 Å². The van der Waals surface area contributed by atoms with Crippen LogP contribution in [0.1, 0.15) is 18.4 Å². The largest absolute Gasteiger partial charge is 0.356 e. The van der Waals surface area contributed by atoms with Crippen molar-refractivity contribution in [1.29, 1.82) is 0 Å². The third-order valence-electron chi connectivity index (χ3n) is 5.10. The van der Waals surface area contributed by atoms with Crippen LogP contribution in [0.4, 0.5) is 5.82 Å². The zero-order valence-corrected chi connectivity index (χ0v) is 15.8. The van der Waals surface area contributed by atoms with Crippen LogP contribution in [0.15, 0.2) is 55.4 Å². The maximum absolute atomic E-state index is 12.8. The smallest absolute Gasteiger partial charge is 0.225 e. The Labute approximate surface area is 163 Å². The number of amides is 1. The van der Waals surface area contributed by atoms with Crippen molar-refractivity contribution in [3.05, 3.63) is 60.9 Å². The van der Waals surface area contributed by atoms with Crippen molar-refractivity contribution in [1.82, 2.24) is 29.6 Å². The molecule has 1 fully saturated rings. The fraction of sp³-hybridized carbons (Fsp3) is 0.350. The Morgan fingerprint density at radius 3 is 2.57 bits per heavy atom. The van der Waals surface area contributed by atoms with Crippen molar-refractivity contribution in [2.45, 2.75) is 19.4 Å². The Balaban J connectivity index is 1.35. The predicted octanol–water partition coefficient (Wildman–Crippen LogP) is 1.93. The number of nitrogens with zero attached hydrogens (tertiary/aromatic N) is 7. The lowest BCUT2D eigenvalue weighted by Gasteiger charge is -2.34. The van der Waals surface area contributed by atoms with Crippen molar-refractivity contribution in [2.24, 2.45) is 5.92 Å². The van der Waals surface area contributed by atoms with Gasteiger partial charge in [0.2, 0.25) is 5.91 Å². The third-order valence-corrected chi connectivity index (χ3v) is 5.10. The highest BCUT2D eigenvalue weighted by molar-refractivity contribution is 5.79. The number of hydrogen-bond donors (Lipinski definition) is 0. The summed E-state index contributed by atoms with van der Waals surface area (Å²) in [6.07, 6.45) is 6.27. The van der Waals surface area contributed by atoms with Crippen LogP contribution in [0.25, 0.3) is 5.82 Å². The molecule has 0 unspecified atom stereocenters. The molecule has 1 saturated heterocycles. The SMILES string of the molecule is CN(Cc1ccccc1)C(=O)C1CCN(c2cc(-n3cncn3)ncn2)CC1. The van der Waals surface area contributed by atoms with E-state index in [9.17, 15) is 4.79 Å². The first-order chi connectivity index (χ1) is 13.7. The monoisotopic (exact) mass is 377 g/mol. The van der Waals surface area contributed by atoms with Gasteiger partial charge >= 0.3 is 0 Å². The van der Waals surface area contributed by atoms with Gasteiger partial charge in [0.25, 0.3) is 0 Å². The number of piperidine rings is 1. The van der Waals surface area contributed by atoms with Gasteiger partial charge in [0.15, 0.2) is 5.82 Å². The van der Waals surface area contributed by atoms with E-state index in [1.807, 2.05) is 48.3 Å². The molecule has 2 aromatic heterocycles. The minimum absolute atomic E-state index is 0.0570. The minimum atomic E-state index is 0.0570. The number of aromatic nitrogens is 5. The third kappa shape index (κ3) is 4.00. The molecule has 0 spiro atoms. The average Bonchev–Trinajstić information content (AvgIpc) is 3.29. The van der Waals surface area contributed by atoms with E-state index in [2.05, 4.69) is 25.0 Å². The molecule has 0 atom stereocenters. The van der Waals surface area contributed by atoms with Gasteiger partial charge in [-0.15, -0.1) is 0 Å². The Kier molecular flexibility index (Phi) is 5.27. The van der Waals surface area contributed by atoms with E-state index in [1.165, 1.54) is 12.7 Å². The van der Waals surface area contributed by atoms with Crippen LogP contribution in [0, 0.1) is 5.92 Å². The Hall–Kier alpha value is -3.29. The summed E-state index contributed by atoms with van der Waals surface area (Å²) in [5, 5.41) is 4.11. The highest BCUT2D eigenvalue weighted by Crippen LogP contribution is 2.24. The fourth-order valence-electron chi connectivity index (χ4n) is 3.56. The van der Waals surface area contributed by atoms with Gasteiger partial charge < -0.3 is 9.80 Å². The van der Waals surface area contributed by atoms with Crippen molar-refractivity contribution >= 4 is 11.7 Å². The minimum Gasteiger partial charge on any atom is -0.356 e. The normalized spacial score (nSPS) is 14.8. The summed E-state index contributed by atoms with van der Waals surface area (Å²) in [6.45, 7) is 2.24. The maximum Gasteiger partial charge on any atom is 0.225 e. The molecule has 0 saturated carbocycles. The molecule has 1 amide bonds. The highest BCUT2D eigenvalue weighted by atomic mass is 16.2. The van der Waals surface area contributed by atoms with Gasteiger partial charge in [-0.05, 0) is 18.4 Å². The summed E-state index contributed by atoms with van der Waals surface area (Å²) in [5.74, 6) is 1.81. The maximum atomic E-state index is 12.8. The second-order valence-electron chi connectivity index (χ2n) is 7.02. The number of anilines is 1. The Morgan fingerprint density at radius 1 is 1.11 bits per heavy atom. The van der Waals surface area contributed by atoms with Crippen molar-refractivity contribution in [2.75, 3.05) is 25.0 Å². The number of rotatable bonds is 5. The lowest BCUT2D eigenvalue weighted by molar-refractivity contribution is -0.135. The summed E-state index contributed by atoms with van der Waals surface area (Å²) in [6, 6.07) is 12.0. The van der Waals surface area contributed by atoms with Gasteiger partial charge in [-0.3, -0.25) is 4.79 Å². The molecule has 1 aliphatic rings. The number of carbonyl (C=O) groups excluding carboxylic acids is 1. The van der Waals surface area contributed by atoms with Gasteiger partial charge in [0.05, 0.1) is 0 Å². The predicted molar refractivity (Wildman–Crippen MR) is 105 cm³/mol. The molecule has 0 aliphatic carbocycles. The van der Waals surface area contributed by atoms with E-state index in [0.29, 0.717) is 12.4 Å². The van der Waals surface area contributed by atoms with Gasteiger partial charge in [-0.2, -0.15) is 5.10 Å². The highest BCUT2D eigenvalue weighted by Gasteiger charge is 2.28. The second kappa shape index (κ2) is 8.16. The standard InChI is InChI=1S/C20H23N7O/c1-25(12-16-5-3-2-4-6-16)20(28)17-7-9-26(10-8-17)18-11-19(23-14-22-18)27-15-21-13-24-27/h2-6,11,13-15,17H,7-10,12H2,1H3. The van der Waals surface area contributed by atoms with Crippen LogP contribution in [0.3, 0.4) is 0 Å². The van der Waals surface area contributed by atoms with Gasteiger partial charge in [0, 0.05) is 38.7 Å². The summed E-state index contributed by atoms with van der Waals surface area (Å²) >= 11 is 0. The first-order valence-corrected chi connectivity index (χ1v) is 9.41. The molecule has 0 radical (unpaired) electrons. The lowest BCUT2D eigenvalue weighted by Crippen LogP contribution is -2.41. The van der Waals surface area contributed by atoms with Crippen molar-refractivity contribution in [3.63, 3.8) is 0 Å².